The summed E-state index contributed by atoms with van der Waals surface area (Å²) in [4.78, 5) is 26.9. The number of carbonyl (C=O) groups is 2. The fourth-order valence-corrected chi connectivity index (χ4v) is 2.40. The zero-order chi connectivity index (χ0) is 14.5. The molecule has 0 aliphatic heterocycles. The third-order valence-electron chi connectivity index (χ3n) is 2.48. The van der Waals surface area contributed by atoms with Crippen LogP contribution < -0.4 is 10.6 Å². The number of nitrogens with one attached hydrogen (secondary N) is 2. The van der Waals surface area contributed by atoms with E-state index in [0.717, 1.165) is 5.76 Å². The number of nitrogens with zero attached hydrogens (tertiary/aromatic N) is 1. The highest BCUT2D eigenvalue weighted by atomic mass is 32.1. The van der Waals surface area contributed by atoms with E-state index in [4.69, 9.17) is 4.42 Å². The lowest BCUT2D eigenvalue weighted by atomic mass is 10.2. The van der Waals surface area contributed by atoms with Gasteiger partial charge in [0.05, 0.1) is 6.26 Å². The number of carbonyl (C=O) groups excluding carboxylic acids is 2. The van der Waals surface area contributed by atoms with Gasteiger partial charge in [-0.3, -0.25) is 9.59 Å². The molecule has 2 aromatic rings. The summed E-state index contributed by atoms with van der Waals surface area (Å²) in [5.41, 5.74) is 0.296. The standard InChI is InChI=1S/C13H15N3O3S/c1-8(6-10-4-3-5-19-10)14-12(18)11-7-20-13(16-11)15-9(2)17/h3-5,7-8H,6H2,1-2H3,(H,14,18)(H,15,16,17)/t8-/m0/s1. The maximum Gasteiger partial charge on any atom is 0.271 e. The summed E-state index contributed by atoms with van der Waals surface area (Å²) >= 11 is 1.22. The number of hydrogen-bond donors (Lipinski definition) is 2. The predicted octanol–water partition coefficient (Wildman–Crippen LogP) is 2.06. The smallest absolute Gasteiger partial charge is 0.271 e. The van der Waals surface area contributed by atoms with Gasteiger partial charge in [-0.05, 0) is 19.1 Å². The largest absolute Gasteiger partial charge is 0.469 e. The molecule has 106 valence electrons. The van der Waals surface area contributed by atoms with Crippen LogP contribution in [0.3, 0.4) is 0 Å². The lowest BCUT2D eigenvalue weighted by molar-refractivity contribution is -0.114. The van der Waals surface area contributed by atoms with Crippen molar-refractivity contribution in [1.82, 2.24) is 10.3 Å². The maximum atomic E-state index is 12.0. The Hall–Kier alpha value is -2.15. The Morgan fingerprint density at radius 2 is 2.30 bits per heavy atom. The summed E-state index contributed by atoms with van der Waals surface area (Å²) < 4.78 is 5.23. The van der Waals surface area contributed by atoms with E-state index in [-0.39, 0.29) is 17.9 Å². The van der Waals surface area contributed by atoms with Gasteiger partial charge in [0.2, 0.25) is 5.91 Å². The van der Waals surface area contributed by atoms with Crippen LogP contribution in [0, 0.1) is 0 Å². The SMILES string of the molecule is CC(=O)Nc1nc(C(=O)N[C@@H](C)Cc2ccco2)cs1. The minimum Gasteiger partial charge on any atom is -0.469 e. The van der Waals surface area contributed by atoms with Gasteiger partial charge in [-0.2, -0.15) is 0 Å². The molecule has 20 heavy (non-hydrogen) atoms. The summed E-state index contributed by atoms with van der Waals surface area (Å²) in [6.45, 7) is 3.29. The molecule has 7 heteroatoms. The van der Waals surface area contributed by atoms with Crippen molar-refractivity contribution in [2.45, 2.75) is 26.3 Å². The highest BCUT2D eigenvalue weighted by Crippen LogP contribution is 2.15. The van der Waals surface area contributed by atoms with Crippen molar-refractivity contribution >= 4 is 28.3 Å². The molecule has 0 aliphatic rings. The first-order chi connectivity index (χ1) is 9.54. The molecule has 2 rings (SSSR count). The van der Waals surface area contributed by atoms with Gasteiger partial charge in [-0.1, -0.05) is 0 Å². The molecule has 2 N–H and O–H groups in total. The van der Waals surface area contributed by atoms with Crippen molar-refractivity contribution in [3.63, 3.8) is 0 Å². The molecule has 2 heterocycles. The number of aromatic nitrogens is 1. The van der Waals surface area contributed by atoms with E-state index in [1.54, 1.807) is 11.6 Å². The maximum absolute atomic E-state index is 12.0. The van der Waals surface area contributed by atoms with Crippen LogP contribution in [0.1, 0.15) is 30.1 Å². The van der Waals surface area contributed by atoms with E-state index in [1.165, 1.54) is 18.3 Å². The molecule has 0 spiro atoms. The lowest BCUT2D eigenvalue weighted by Crippen LogP contribution is -2.34. The Kier molecular flexibility index (Phi) is 4.52. The van der Waals surface area contributed by atoms with Gasteiger partial charge in [-0.15, -0.1) is 11.3 Å². The number of furan rings is 1. The third-order valence-corrected chi connectivity index (χ3v) is 3.24. The predicted molar refractivity (Wildman–Crippen MR) is 75.8 cm³/mol. The van der Waals surface area contributed by atoms with Crippen LogP contribution in [0.15, 0.2) is 28.2 Å². The van der Waals surface area contributed by atoms with Crippen molar-refractivity contribution in [2.75, 3.05) is 5.32 Å². The average Bonchev–Trinajstić information content (AvgIpc) is 2.99. The van der Waals surface area contributed by atoms with E-state index in [1.807, 2.05) is 19.1 Å². The Labute approximate surface area is 120 Å². The zero-order valence-corrected chi connectivity index (χ0v) is 12.0. The molecule has 0 fully saturated rings. The van der Waals surface area contributed by atoms with Gasteiger partial charge >= 0.3 is 0 Å². The normalized spacial score (nSPS) is 11.9. The van der Waals surface area contributed by atoms with Crippen LogP contribution in [0.2, 0.25) is 0 Å². The van der Waals surface area contributed by atoms with E-state index in [2.05, 4.69) is 15.6 Å². The van der Waals surface area contributed by atoms with E-state index in [9.17, 15) is 9.59 Å². The minimum absolute atomic E-state index is 0.0698. The van der Waals surface area contributed by atoms with Gasteiger partial charge in [0, 0.05) is 24.8 Å². The summed E-state index contributed by atoms with van der Waals surface area (Å²) in [7, 11) is 0. The molecule has 0 bridgehead atoms. The first-order valence-electron chi connectivity index (χ1n) is 6.11. The van der Waals surface area contributed by atoms with Crippen LogP contribution in [0.25, 0.3) is 0 Å². The molecule has 0 unspecified atom stereocenters. The Morgan fingerprint density at radius 1 is 1.50 bits per heavy atom. The summed E-state index contributed by atoms with van der Waals surface area (Å²) in [5, 5.41) is 7.41. The minimum atomic E-state index is -0.267. The van der Waals surface area contributed by atoms with Crippen LogP contribution >= 0.6 is 11.3 Å². The molecule has 1 atom stereocenters. The first-order valence-corrected chi connectivity index (χ1v) is 6.99. The molecule has 0 saturated heterocycles. The van der Waals surface area contributed by atoms with Gasteiger partial charge in [0.15, 0.2) is 5.13 Å². The molecular weight excluding hydrogens is 278 g/mol. The molecule has 0 aliphatic carbocycles. The first kappa shape index (κ1) is 14.3. The van der Waals surface area contributed by atoms with Crippen LogP contribution in [-0.2, 0) is 11.2 Å². The number of hydrogen-bond acceptors (Lipinski definition) is 5. The quantitative estimate of drug-likeness (QED) is 0.883. The lowest BCUT2D eigenvalue weighted by Gasteiger charge is -2.11. The van der Waals surface area contributed by atoms with Gasteiger partial charge in [0.1, 0.15) is 11.5 Å². The molecule has 0 radical (unpaired) electrons. The van der Waals surface area contributed by atoms with Crippen molar-refractivity contribution in [1.29, 1.82) is 0 Å². The van der Waals surface area contributed by atoms with Crippen LogP contribution in [0.4, 0.5) is 5.13 Å². The van der Waals surface area contributed by atoms with Gasteiger partial charge < -0.3 is 15.1 Å². The molecule has 0 saturated carbocycles. The Balaban J connectivity index is 1.90. The third kappa shape index (κ3) is 3.92. The van der Waals surface area contributed by atoms with Crippen LogP contribution in [-0.4, -0.2) is 22.8 Å². The number of anilines is 1. The van der Waals surface area contributed by atoms with Crippen molar-refractivity contribution < 1.29 is 14.0 Å². The topological polar surface area (TPSA) is 84.2 Å². The highest BCUT2D eigenvalue weighted by molar-refractivity contribution is 7.14. The number of thiazole rings is 1. The van der Waals surface area contributed by atoms with Gasteiger partial charge in [0.25, 0.3) is 5.91 Å². The summed E-state index contributed by atoms with van der Waals surface area (Å²) in [6.07, 6.45) is 2.21. The second-order valence-electron chi connectivity index (χ2n) is 4.38. The summed E-state index contributed by atoms with van der Waals surface area (Å²) in [5.74, 6) is 0.337. The second kappa shape index (κ2) is 6.33. The zero-order valence-electron chi connectivity index (χ0n) is 11.2. The summed E-state index contributed by atoms with van der Waals surface area (Å²) in [6, 6.07) is 3.60. The molecule has 6 nitrogen and oxygen atoms in total. The number of rotatable bonds is 5. The van der Waals surface area contributed by atoms with Crippen LogP contribution in [0.5, 0.6) is 0 Å². The van der Waals surface area contributed by atoms with E-state index in [0.29, 0.717) is 17.2 Å². The molecule has 2 amide bonds. The Bertz CT molecular complexity index is 592. The highest BCUT2D eigenvalue weighted by Gasteiger charge is 2.14. The fourth-order valence-electron chi connectivity index (χ4n) is 1.67. The number of amides is 2. The molecule has 2 aromatic heterocycles. The van der Waals surface area contributed by atoms with Crippen molar-refractivity contribution in [2.24, 2.45) is 0 Å². The van der Waals surface area contributed by atoms with Crippen molar-refractivity contribution in [3.05, 3.63) is 35.2 Å². The molecular formula is C13H15N3O3S. The van der Waals surface area contributed by atoms with Crippen molar-refractivity contribution in [3.8, 4) is 0 Å². The monoisotopic (exact) mass is 293 g/mol. The van der Waals surface area contributed by atoms with E-state index >= 15 is 0 Å². The average molecular weight is 293 g/mol. The van der Waals surface area contributed by atoms with Gasteiger partial charge in [-0.25, -0.2) is 4.98 Å². The second-order valence-corrected chi connectivity index (χ2v) is 5.24. The molecule has 0 aromatic carbocycles. The van der Waals surface area contributed by atoms with E-state index < -0.39 is 0 Å². The fraction of sp³-hybridized carbons (Fsp3) is 0.308. The Morgan fingerprint density at radius 3 is 2.95 bits per heavy atom.